The van der Waals surface area contributed by atoms with E-state index in [1.54, 1.807) is 0 Å². The van der Waals surface area contributed by atoms with Gasteiger partial charge in [-0.3, -0.25) is 4.79 Å². The molecule has 0 saturated carbocycles. The zero-order chi connectivity index (χ0) is 16.1. The second-order valence-corrected chi connectivity index (χ2v) is 6.44. The topological polar surface area (TPSA) is 50.8 Å². The Balaban J connectivity index is 1.42. The summed E-state index contributed by atoms with van der Waals surface area (Å²) >= 11 is 0. The minimum Gasteiger partial charge on any atom is -0.490 e. The lowest BCUT2D eigenvalue weighted by Crippen LogP contribution is -2.47. The van der Waals surface area contributed by atoms with Gasteiger partial charge >= 0.3 is 0 Å². The summed E-state index contributed by atoms with van der Waals surface area (Å²) < 4.78 is 11.4. The third-order valence-electron chi connectivity index (χ3n) is 4.54. The second-order valence-electron chi connectivity index (χ2n) is 6.44. The molecule has 1 atom stereocenters. The van der Waals surface area contributed by atoms with Crippen LogP contribution in [0.3, 0.4) is 0 Å². The number of amides is 1. The second kappa shape index (κ2) is 7.79. The highest BCUT2D eigenvalue weighted by molar-refractivity contribution is 5.77. The molecule has 23 heavy (non-hydrogen) atoms. The molecule has 3 rings (SSSR count). The number of hydrogen-bond acceptors (Lipinski definition) is 4. The highest BCUT2D eigenvalue weighted by atomic mass is 16.5. The van der Waals surface area contributed by atoms with Gasteiger partial charge in [0.05, 0.1) is 13.2 Å². The highest BCUT2D eigenvalue weighted by Crippen LogP contribution is 2.20. The summed E-state index contributed by atoms with van der Waals surface area (Å²) in [7, 11) is 0. The van der Waals surface area contributed by atoms with Crippen molar-refractivity contribution in [3.05, 3.63) is 29.8 Å². The van der Waals surface area contributed by atoms with E-state index in [0.29, 0.717) is 13.0 Å². The van der Waals surface area contributed by atoms with Crippen LogP contribution >= 0.6 is 0 Å². The van der Waals surface area contributed by atoms with Crippen molar-refractivity contribution in [3.8, 4) is 5.75 Å². The molecule has 2 fully saturated rings. The van der Waals surface area contributed by atoms with Crippen LogP contribution in [0.25, 0.3) is 0 Å². The molecule has 2 saturated heterocycles. The van der Waals surface area contributed by atoms with Crippen LogP contribution in [-0.2, 0) is 9.53 Å². The molecular formula is C18H26N2O3. The van der Waals surface area contributed by atoms with Crippen molar-refractivity contribution in [3.63, 3.8) is 0 Å². The summed E-state index contributed by atoms with van der Waals surface area (Å²) in [5.74, 6) is 1.14. The molecule has 0 aliphatic carbocycles. The van der Waals surface area contributed by atoms with E-state index in [0.717, 1.165) is 44.8 Å². The smallest absolute Gasteiger partial charge is 0.224 e. The van der Waals surface area contributed by atoms with Crippen LogP contribution < -0.4 is 10.1 Å². The van der Waals surface area contributed by atoms with E-state index < -0.39 is 0 Å². The quantitative estimate of drug-likeness (QED) is 0.919. The highest BCUT2D eigenvalue weighted by Gasteiger charge is 2.26. The Hall–Kier alpha value is -1.59. The minimum atomic E-state index is 0.165. The van der Waals surface area contributed by atoms with E-state index in [1.165, 1.54) is 5.56 Å². The summed E-state index contributed by atoms with van der Waals surface area (Å²) in [4.78, 5) is 14.3. The maximum atomic E-state index is 12.4. The molecule has 2 heterocycles. The fourth-order valence-electron chi connectivity index (χ4n) is 3.12. The zero-order valence-corrected chi connectivity index (χ0v) is 13.8. The molecule has 5 heteroatoms. The molecule has 2 aliphatic rings. The van der Waals surface area contributed by atoms with Crippen LogP contribution in [0.5, 0.6) is 5.75 Å². The van der Waals surface area contributed by atoms with Crippen molar-refractivity contribution in [1.29, 1.82) is 0 Å². The molecule has 2 aliphatic heterocycles. The number of likely N-dealkylation sites (tertiary alicyclic amines) is 1. The predicted molar refractivity (Wildman–Crippen MR) is 88.6 cm³/mol. The van der Waals surface area contributed by atoms with E-state index in [-0.39, 0.29) is 18.1 Å². The van der Waals surface area contributed by atoms with Gasteiger partial charge in [0.2, 0.25) is 5.91 Å². The Kier molecular flexibility index (Phi) is 5.51. The molecule has 126 valence electrons. The molecule has 0 unspecified atom stereocenters. The van der Waals surface area contributed by atoms with Crippen molar-refractivity contribution in [2.75, 3.05) is 32.8 Å². The summed E-state index contributed by atoms with van der Waals surface area (Å²) in [6.45, 7) is 5.85. The van der Waals surface area contributed by atoms with Gasteiger partial charge in [-0.15, -0.1) is 0 Å². The molecule has 1 N–H and O–H groups in total. The van der Waals surface area contributed by atoms with Crippen molar-refractivity contribution in [1.82, 2.24) is 10.2 Å². The Morgan fingerprint density at radius 3 is 2.70 bits per heavy atom. The normalized spacial score (nSPS) is 22.8. The first-order valence-corrected chi connectivity index (χ1v) is 8.53. The molecule has 0 spiro atoms. The number of rotatable bonds is 4. The first kappa shape index (κ1) is 16.3. The molecule has 5 nitrogen and oxygen atoms in total. The fraction of sp³-hybridized carbons (Fsp3) is 0.611. The van der Waals surface area contributed by atoms with Crippen LogP contribution in [-0.4, -0.2) is 55.8 Å². The molecule has 1 amide bonds. The molecular weight excluding hydrogens is 292 g/mol. The number of morpholine rings is 1. The zero-order valence-electron chi connectivity index (χ0n) is 13.8. The SMILES string of the molecule is Cc1ccc(OC2CCN(C(=O)C[C@@H]3COCCN3)CC2)cc1. The Morgan fingerprint density at radius 1 is 1.30 bits per heavy atom. The number of carbonyl (C=O) groups excluding carboxylic acids is 1. The van der Waals surface area contributed by atoms with Crippen molar-refractivity contribution in [2.45, 2.75) is 38.3 Å². The van der Waals surface area contributed by atoms with E-state index in [1.807, 2.05) is 17.0 Å². The lowest BCUT2D eigenvalue weighted by atomic mass is 10.1. The number of aryl methyl sites for hydroxylation is 1. The van der Waals surface area contributed by atoms with Crippen LogP contribution in [0.2, 0.25) is 0 Å². The summed E-state index contributed by atoms with van der Waals surface area (Å²) in [5, 5.41) is 3.34. The van der Waals surface area contributed by atoms with Crippen molar-refractivity contribution in [2.24, 2.45) is 0 Å². The lowest BCUT2D eigenvalue weighted by Gasteiger charge is -2.33. The summed E-state index contributed by atoms with van der Waals surface area (Å²) in [6, 6.07) is 8.32. The third-order valence-corrected chi connectivity index (χ3v) is 4.54. The molecule has 1 aromatic rings. The Bertz CT molecular complexity index is 504. The van der Waals surface area contributed by atoms with Gasteiger partial charge in [-0.2, -0.15) is 0 Å². The number of nitrogens with one attached hydrogen (secondary N) is 1. The van der Waals surface area contributed by atoms with E-state index >= 15 is 0 Å². The van der Waals surface area contributed by atoms with Gasteiger partial charge < -0.3 is 19.7 Å². The van der Waals surface area contributed by atoms with Gasteiger partial charge in [0.15, 0.2) is 0 Å². The largest absolute Gasteiger partial charge is 0.490 e. The van der Waals surface area contributed by atoms with Gasteiger partial charge in [-0.1, -0.05) is 17.7 Å². The average Bonchev–Trinajstić information content (AvgIpc) is 2.58. The first-order chi connectivity index (χ1) is 11.2. The van der Waals surface area contributed by atoms with E-state index in [4.69, 9.17) is 9.47 Å². The standard InChI is InChI=1S/C18H26N2O3/c1-14-2-4-16(5-3-14)23-17-6-9-20(10-7-17)18(21)12-15-13-22-11-8-19-15/h2-5,15,17,19H,6-13H2,1H3/t15-/m1/s1. The number of carbonyl (C=O) groups is 1. The monoisotopic (exact) mass is 318 g/mol. The maximum Gasteiger partial charge on any atom is 0.224 e. The van der Waals surface area contributed by atoms with E-state index in [9.17, 15) is 4.79 Å². The number of hydrogen-bond donors (Lipinski definition) is 1. The number of ether oxygens (including phenoxy) is 2. The number of piperidine rings is 1. The Labute approximate surface area is 137 Å². The van der Waals surface area contributed by atoms with Gasteiger partial charge in [0, 0.05) is 44.9 Å². The minimum absolute atomic E-state index is 0.165. The molecule has 0 radical (unpaired) electrons. The van der Waals surface area contributed by atoms with E-state index in [2.05, 4.69) is 24.4 Å². The van der Waals surface area contributed by atoms with Gasteiger partial charge in [0.25, 0.3) is 0 Å². The van der Waals surface area contributed by atoms with Gasteiger partial charge in [-0.05, 0) is 19.1 Å². The van der Waals surface area contributed by atoms with Gasteiger partial charge in [0.1, 0.15) is 11.9 Å². The molecule has 0 aromatic heterocycles. The third kappa shape index (κ3) is 4.69. The summed E-state index contributed by atoms with van der Waals surface area (Å²) in [5.41, 5.74) is 1.23. The lowest BCUT2D eigenvalue weighted by molar-refractivity contribution is -0.134. The number of nitrogens with zero attached hydrogens (tertiary/aromatic N) is 1. The molecule has 0 bridgehead atoms. The van der Waals surface area contributed by atoms with Crippen LogP contribution in [0, 0.1) is 6.92 Å². The van der Waals surface area contributed by atoms with Crippen molar-refractivity contribution >= 4 is 5.91 Å². The van der Waals surface area contributed by atoms with Crippen molar-refractivity contribution < 1.29 is 14.3 Å². The summed E-state index contributed by atoms with van der Waals surface area (Å²) in [6.07, 6.45) is 2.53. The van der Waals surface area contributed by atoms with Gasteiger partial charge in [-0.25, -0.2) is 0 Å². The maximum absolute atomic E-state index is 12.4. The predicted octanol–water partition coefficient (Wildman–Crippen LogP) is 1.74. The van der Waals surface area contributed by atoms with Crippen LogP contribution in [0.1, 0.15) is 24.8 Å². The fourth-order valence-corrected chi connectivity index (χ4v) is 3.12. The average molecular weight is 318 g/mol. The van der Waals surface area contributed by atoms with Crippen LogP contribution in [0.4, 0.5) is 0 Å². The Morgan fingerprint density at radius 2 is 2.04 bits per heavy atom. The number of benzene rings is 1. The first-order valence-electron chi connectivity index (χ1n) is 8.53. The molecule has 1 aromatic carbocycles. The van der Waals surface area contributed by atoms with Crippen LogP contribution in [0.15, 0.2) is 24.3 Å².